The molecule has 88 valence electrons. The van der Waals surface area contributed by atoms with E-state index in [0.29, 0.717) is 13.0 Å². The Labute approximate surface area is 96.5 Å². The first-order valence-electron chi connectivity index (χ1n) is 5.48. The smallest absolute Gasteiger partial charge is 0.223 e. The van der Waals surface area contributed by atoms with Crippen LogP contribution in [0.3, 0.4) is 0 Å². The first-order valence-corrected chi connectivity index (χ1v) is 5.48. The molecule has 1 heterocycles. The van der Waals surface area contributed by atoms with E-state index >= 15 is 0 Å². The molecule has 1 aromatic rings. The fourth-order valence-corrected chi connectivity index (χ4v) is 1.40. The second-order valence-electron chi connectivity index (χ2n) is 4.11. The molecule has 1 aromatic heterocycles. The van der Waals surface area contributed by atoms with Crippen molar-refractivity contribution >= 4 is 5.91 Å². The minimum atomic E-state index is -0.0756. The highest BCUT2D eigenvalue weighted by Crippen LogP contribution is 2.00. The number of rotatable bonds is 5. The molecule has 0 aliphatic heterocycles. The molecular formula is C12H19N3O. The third-order valence-electron chi connectivity index (χ3n) is 2.38. The maximum atomic E-state index is 11.6. The largest absolute Gasteiger partial charge is 0.345 e. The first-order chi connectivity index (χ1) is 7.59. The van der Waals surface area contributed by atoms with Gasteiger partial charge in [-0.3, -0.25) is 9.78 Å². The lowest BCUT2D eigenvalue weighted by Crippen LogP contribution is -2.33. The van der Waals surface area contributed by atoms with E-state index in [-0.39, 0.29) is 11.9 Å². The fourth-order valence-electron chi connectivity index (χ4n) is 1.40. The van der Waals surface area contributed by atoms with Crippen LogP contribution in [0.2, 0.25) is 0 Å². The van der Waals surface area contributed by atoms with Gasteiger partial charge in [0, 0.05) is 38.4 Å². The van der Waals surface area contributed by atoms with E-state index in [9.17, 15) is 4.79 Å². The normalized spacial score (nSPS) is 12.2. The average Bonchev–Trinajstić information content (AvgIpc) is 2.26. The average molecular weight is 221 g/mol. The van der Waals surface area contributed by atoms with E-state index in [4.69, 9.17) is 5.73 Å². The summed E-state index contributed by atoms with van der Waals surface area (Å²) in [4.78, 5) is 17.4. The molecule has 0 radical (unpaired) electrons. The molecular weight excluding hydrogens is 202 g/mol. The van der Waals surface area contributed by atoms with Gasteiger partial charge in [0.2, 0.25) is 5.91 Å². The van der Waals surface area contributed by atoms with Gasteiger partial charge in [0.05, 0.1) is 0 Å². The van der Waals surface area contributed by atoms with Crippen molar-refractivity contribution in [2.45, 2.75) is 25.8 Å². The number of hydrogen-bond acceptors (Lipinski definition) is 3. The van der Waals surface area contributed by atoms with E-state index in [0.717, 1.165) is 12.0 Å². The van der Waals surface area contributed by atoms with Gasteiger partial charge in [-0.25, -0.2) is 0 Å². The van der Waals surface area contributed by atoms with Crippen LogP contribution >= 0.6 is 0 Å². The topological polar surface area (TPSA) is 59.2 Å². The lowest BCUT2D eigenvalue weighted by molar-refractivity contribution is -0.130. The number of aromatic nitrogens is 1. The van der Waals surface area contributed by atoms with Gasteiger partial charge in [0.15, 0.2) is 0 Å². The molecule has 0 bridgehead atoms. The molecule has 1 rings (SSSR count). The Morgan fingerprint density at radius 2 is 2.38 bits per heavy atom. The van der Waals surface area contributed by atoms with Crippen molar-refractivity contribution < 1.29 is 4.79 Å². The van der Waals surface area contributed by atoms with Gasteiger partial charge in [-0.2, -0.15) is 0 Å². The maximum absolute atomic E-state index is 11.6. The zero-order valence-corrected chi connectivity index (χ0v) is 9.89. The highest BCUT2D eigenvalue weighted by atomic mass is 16.2. The SMILES string of the molecule is CC(N)CC(=O)N(C)CCc1cccnc1. The Morgan fingerprint density at radius 3 is 2.94 bits per heavy atom. The maximum Gasteiger partial charge on any atom is 0.223 e. The van der Waals surface area contributed by atoms with Crippen LogP contribution in [0, 0.1) is 0 Å². The van der Waals surface area contributed by atoms with E-state index in [2.05, 4.69) is 4.98 Å². The van der Waals surface area contributed by atoms with E-state index in [1.807, 2.05) is 25.3 Å². The molecule has 0 saturated carbocycles. The summed E-state index contributed by atoms with van der Waals surface area (Å²) in [5.41, 5.74) is 6.72. The molecule has 0 saturated heterocycles. The van der Waals surface area contributed by atoms with Gasteiger partial charge in [0.1, 0.15) is 0 Å². The zero-order chi connectivity index (χ0) is 12.0. The Kier molecular flexibility index (Phi) is 4.92. The van der Waals surface area contributed by atoms with Gasteiger partial charge in [-0.05, 0) is 25.0 Å². The van der Waals surface area contributed by atoms with Crippen molar-refractivity contribution in [3.05, 3.63) is 30.1 Å². The minimum Gasteiger partial charge on any atom is -0.345 e. The number of carbonyl (C=O) groups excluding carboxylic acids is 1. The molecule has 1 amide bonds. The summed E-state index contributed by atoms with van der Waals surface area (Å²) < 4.78 is 0. The number of nitrogens with zero attached hydrogens (tertiary/aromatic N) is 2. The van der Waals surface area contributed by atoms with Crippen LogP contribution in [0.1, 0.15) is 18.9 Å². The van der Waals surface area contributed by atoms with Crippen molar-refractivity contribution in [1.82, 2.24) is 9.88 Å². The summed E-state index contributed by atoms with van der Waals surface area (Å²) in [6.07, 6.45) is 4.80. The molecule has 16 heavy (non-hydrogen) atoms. The van der Waals surface area contributed by atoms with Crippen LogP contribution < -0.4 is 5.73 Å². The molecule has 0 fully saturated rings. The van der Waals surface area contributed by atoms with Crippen molar-refractivity contribution in [2.75, 3.05) is 13.6 Å². The number of pyridine rings is 1. The quantitative estimate of drug-likeness (QED) is 0.800. The molecule has 4 nitrogen and oxygen atoms in total. The third kappa shape index (κ3) is 4.40. The van der Waals surface area contributed by atoms with Gasteiger partial charge in [0.25, 0.3) is 0 Å². The first kappa shape index (κ1) is 12.6. The molecule has 4 heteroatoms. The van der Waals surface area contributed by atoms with Gasteiger partial charge < -0.3 is 10.6 Å². The van der Waals surface area contributed by atoms with Crippen LogP contribution in [0.5, 0.6) is 0 Å². The third-order valence-corrected chi connectivity index (χ3v) is 2.38. The monoisotopic (exact) mass is 221 g/mol. The van der Waals surface area contributed by atoms with Gasteiger partial charge in [-0.1, -0.05) is 6.07 Å². The molecule has 0 aliphatic carbocycles. The zero-order valence-electron chi connectivity index (χ0n) is 9.89. The standard InChI is InChI=1S/C12H19N3O/c1-10(13)8-12(16)15(2)7-5-11-4-3-6-14-9-11/h3-4,6,9-10H,5,7-8,13H2,1-2H3. The molecule has 0 aliphatic rings. The lowest BCUT2D eigenvalue weighted by atomic mass is 10.2. The summed E-state index contributed by atoms with van der Waals surface area (Å²) in [5.74, 6) is 0.0962. The summed E-state index contributed by atoms with van der Waals surface area (Å²) in [5, 5.41) is 0. The van der Waals surface area contributed by atoms with Crippen LogP contribution in [0.4, 0.5) is 0 Å². The molecule has 0 aromatic carbocycles. The Morgan fingerprint density at radius 1 is 1.62 bits per heavy atom. The van der Waals surface area contributed by atoms with Crippen LogP contribution in [0.25, 0.3) is 0 Å². The Balaban J connectivity index is 2.35. The van der Waals surface area contributed by atoms with E-state index in [1.165, 1.54) is 0 Å². The Hall–Kier alpha value is -1.42. The fraction of sp³-hybridized carbons (Fsp3) is 0.500. The van der Waals surface area contributed by atoms with E-state index < -0.39 is 0 Å². The number of likely N-dealkylation sites (N-methyl/N-ethyl adjacent to an activating group) is 1. The van der Waals surface area contributed by atoms with Gasteiger partial charge >= 0.3 is 0 Å². The van der Waals surface area contributed by atoms with Crippen molar-refractivity contribution in [1.29, 1.82) is 0 Å². The highest BCUT2D eigenvalue weighted by Gasteiger charge is 2.10. The number of carbonyl (C=O) groups is 1. The number of nitrogens with two attached hydrogens (primary N) is 1. The van der Waals surface area contributed by atoms with Crippen LogP contribution in [-0.2, 0) is 11.2 Å². The Bertz CT molecular complexity index is 324. The second kappa shape index (κ2) is 6.23. The second-order valence-corrected chi connectivity index (χ2v) is 4.11. The molecule has 1 unspecified atom stereocenters. The van der Waals surface area contributed by atoms with Crippen molar-refractivity contribution in [3.63, 3.8) is 0 Å². The predicted molar refractivity (Wildman–Crippen MR) is 63.8 cm³/mol. The number of amides is 1. The van der Waals surface area contributed by atoms with Crippen molar-refractivity contribution in [2.24, 2.45) is 5.73 Å². The molecule has 2 N–H and O–H groups in total. The van der Waals surface area contributed by atoms with Crippen LogP contribution in [0.15, 0.2) is 24.5 Å². The molecule has 1 atom stereocenters. The number of hydrogen-bond donors (Lipinski definition) is 1. The summed E-state index contributed by atoms with van der Waals surface area (Å²) in [7, 11) is 1.81. The van der Waals surface area contributed by atoms with E-state index in [1.54, 1.807) is 18.1 Å². The summed E-state index contributed by atoms with van der Waals surface area (Å²) in [6, 6.07) is 3.84. The highest BCUT2D eigenvalue weighted by molar-refractivity contribution is 5.76. The summed E-state index contributed by atoms with van der Waals surface area (Å²) >= 11 is 0. The summed E-state index contributed by atoms with van der Waals surface area (Å²) in [6.45, 7) is 2.55. The van der Waals surface area contributed by atoms with Crippen molar-refractivity contribution in [3.8, 4) is 0 Å². The molecule has 0 spiro atoms. The predicted octanol–water partition coefficient (Wildman–Crippen LogP) is 0.820. The lowest BCUT2D eigenvalue weighted by Gasteiger charge is -2.18. The minimum absolute atomic E-state index is 0.0756. The van der Waals surface area contributed by atoms with Crippen LogP contribution in [-0.4, -0.2) is 35.4 Å². The van der Waals surface area contributed by atoms with Gasteiger partial charge in [-0.15, -0.1) is 0 Å².